The van der Waals surface area contributed by atoms with Crippen LogP contribution in [0.4, 0.5) is 0 Å². The molecule has 0 bridgehead atoms. The normalized spacial score (nSPS) is 30.5. The number of hydrogen-bond acceptors (Lipinski definition) is 3. The molecule has 1 aliphatic rings. The molecule has 3 nitrogen and oxygen atoms in total. The van der Waals surface area contributed by atoms with Crippen LogP contribution in [0.25, 0.3) is 0 Å². The first-order valence-corrected chi connectivity index (χ1v) is 4.32. The smallest absolute Gasteiger partial charge is 0.321 e. The first kappa shape index (κ1) is 8.94. The van der Waals surface area contributed by atoms with Gasteiger partial charge >= 0.3 is 5.97 Å². The first-order valence-electron chi connectivity index (χ1n) is 3.33. The maximum Gasteiger partial charge on any atom is 0.321 e. The Labute approximate surface area is 71.6 Å². The molecule has 2 radical (unpaired) electrons. The van der Waals surface area contributed by atoms with Gasteiger partial charge in [0, 0.05) is 10.6 Å². The number of aliphatic carboxylic acids is 1. The molecular weight excluding hydrogens is 161 g/mol. The van der Waals surface area contributed by atoms with Crippen LogP contribution in [0.15, 0.2) is 0 Å². The molecule has 60 valence electrons. The van der Waals surface area contributed by atoms with Gasteiger partial charge in [0.15, 0.2) is 7.98 Å². The first-order chi connectivity index (χ1) is 4.95. The number of thioether (sulfide) groups is 1. The molecule has 5 heteroatoms. The van der Waals surface area contributed by atoms with E-state index in [1.807, 2.05) is 13.8 Å². The van der Waals surface area contributed by atoms with Gasteiger partial charge in [0.05, 0.1) is 0 Å². The Morgan fingerprint density at radius 1 is 1.82 bits per heavy atom. The highest BCUT2D eigenvalue weighted by Crippen LogP contribution is 2.37. The van der Waals surface area contributed by atoms with Crippen LogP contribution in [0, 0.1) is 0 Å². The van der Waals surface area contributed by atoms with Crippen LogP contribution in [0.2, 0.25) is 0 Å². The number of carboxylic acid groups (broad SMARTS) is 1. The average molecular weight is 171 g/mol. The molecular formula is C6H10BNO2S. The summed E-state index contributed by atoms with van der Waals surface area (Å²) >= 11 is 1.56. The Morgan fingerprint density at radius 3 is 2.55 bits per heavy atom. The summed E-state index contributed by atoms with van der Waals surface area (Å²) < 4.78 is -0.277. The van der Waals surface area contributed by atoms with Crippen molar-refractivity contribution in [2.24, 2.45) is 0 Å². The van der Waals surface area contributed by atoms with Crippen molar-refractivity contribution in [2.45, 2.75) is 24.6 Å². The van der Waals surface area contributed by atoms with Crippen molar-refractivity contribution < 1.29 is 9.90 Å². The van der Waals surface area contributed by atoms with Gasteiger partial charge in [0.1, 0.15) is 6.04 Å². The van der Waals surface area contributed by atoms with Gasteiger partial charge in [0.2, 0.25) is 0 Å². The molecule has 0 unspecified atom stereocenters. The topological polar surface area (TPSA) is 40.5 Å². The zero-order chi connectivity index (χ0) is 8.65. The SMILES string of the molecule is [B]N1CSC(C)(C)[C@H]1C(=O)O. The Kier molecular flexibility index (Phi) is 2.21. The van der Waals surface area contributed by atoms with E-state index in [9.17, 15) is 4.79 Å². The van der Waals surface area contributed by atoms with E-state index in [-0.39, 0.29) is 4.75 Å². The van der Waals surface area contributed by atoms with Crippen LogP contribution >= 0.6 is 11.8 Å². The van der Waals surface area contributed by atoms with Gasteiger partial charge in [-0.1, -0.05) is 0 Å². The third kappa shape index (κ3) is 1.54. The number of carboxylic acids is 1. The van der Waals surface area contributed by atoms with Crippen LogP contribution in [-0.4, -0.2) is 40.5 Å². The van der Waals surface area contributed by atoms with Crippen molar-refractivity contribution >= 4 is 25.7 Å². The lowest BCUT2D eigenvalue weighted by molar-refractivity contribution is -0.141. The fourth-order valence-electron chi connectivity index (χ4n) is 1.23. The van der Waals surface area contributed by atoms with E-state index >= 15 is 0 Å². The van der Waals surface area contributed by atoms with Gasteiger partial charge < -0.3 is 9.92 Å². The van der Waals surface area contributed by atoms with Crippen LogP contribution in [-0.2, 0) is 4.79 Å². The fourth-order valence-corrected chi connectivity index (χ4v) is 2.26. The Hall–Kier alpha value is -0.155. The summed E-state index contributed by atoms with van der Waals surface area (Å²) in [5.74, 6) is -0.258. The van der Waals surface area contributed by atoms with Gasteiger partial charge in [-0.3, -0.25) is 4.79 Å². The number of nitrogens with zero attached hydrogens (tertiary/aromatic N) is 1. The molecule has 0 amide bonds. The van der Waals surface area contributed by atoms with Crippen LogP contribution in [0.5, 0.6) is 0 Å². The van der Waals surface area contributed by atoms with Crippen LogP contribution < -0.4 is 0 Å². The molecule has 0 aromatic rings. The molecule has 11 heavy (non-hydrogen) atoms. The highest BCUT2D eigenvalue weighted by atomic mass is 32.2. The van der Waals surface area contributed by atoms with Gasteiger partial charge in [-0.25, -0.2) is 0 Å². The molecule has 0 aliphatic carbocycles. The minimum Gasteiger partial charge on any atom is -0.480 e. The van der Waals surface area contributed by atoms with Crippen molar-refractivity contribution in [2.75, 3.05) is 5.88 Å². The second-order valence-corrected chi connectivity index (χ2v) is 4.73. The lowest BCUT2D eigenvalue weighted by Gasteiger charge is -2.25. The van der Waals surface area contributed by atoms with E-state index in [2.05, 4.69) is 0 Å². The van der Waals surface area contributed by atoms with Crippen LogP contribution in [0.3, 0.4) is 0 Å². The van der Waals surface area contributed by atoms with Gasteiger partial charge in [-0.15, -0.1) is 11.8 Å². The van der Waals surface area contributed by atoms with Crippen molar-refractivity contribution in [1.82, 2.24) is 4.81 Å². The summed E-state index contributed by atoms with van der Waals surface area (Å²) in [5.41, 5.74) is 0. The third-order valence-corrected chi connectivity index (χ3v) is 3.20. The predicted octanol–water partition coefficient (Wildman–Crippen LogP) is 0.308. The summed E-state index contributed by atoms with van der Waals surface area (Å²) in [6, 6.07) is -0.563. The van der Waals surface area contributed by atoms with Crippen molar-refractivity contribution in [1.29, 1.82) is 0 Å². The minimum atomic E-state index is -0.845. The summed E-state index contributed by atoms with van der Waals surface area (Å²) in [6.07, 6.45) is 0. The maximum absolute atomic E-state index is 10.7. The van der Waals surface area contributed by atoms with E-state index in [0.29, 0.717) is 5.88 Å². The lowest BCUT2D eigenvalue weighted by Crippen LogP contribution is -2.44. The molecule has 0 saturated carbocycles. The molecule has 1 heterocycles. The number of hydrogen-bond donors (Lipinski definition) is 1. The van der Waals surface area contributed by atoms with E-state index in [1.165, 1.54) is 4.81 Å². The highest BCUT2D eigenvalue weighted by molar-refractivity contribution is 8.00. The average Bonchev–Trinajstić information content (AvgIpc) is 2.06. The number of carbonyl (C=O) groups is 1. The third-order valence-electron chi connectivity index (χ3n) is 1.81. The number of rotatable bonds is 1. The molecule has 1 aliphatic heterocycles. The fraction of sp³-hybridized carbons (Fsp3) is 0.833. The Morgan fingerprint density at radius 2 is 2.36 bits per heavy atom. The summed E-state index contributed by atoms with van der Waals surface area (Å²) in [5, 5.41) is 8.78. The monoisotopic (exact) mass is 171 g/mol. The van der Waals surface area contributed by atoms with Crippen molar-refractivity contribution in [3.63, 3.8) is 0 Å². The maximum atomic E-state index is 10.7. The molecule has 0 spiro atoms. The predicted molar refractivity (Wildman–Crippen MR) is 45.6 cm³/mol. The standard InChI is InChI=1S/C6H10BNO2S/c1-6(2)4(5(9)10)8(7)3-11-6/h4H,3H2,1-2H3,(H,9,10)/t4-/m1/s1. The van der Waals surface area contributed by atoms with Gasteiger partial charge in [-0.2, -0.15) is 0 Å². The second kappa shape index (κ2) is 2.71. The molecule has 1 N–H and O–H groups in total. The molecule has 1 saturated heterocycles. The molecule has 1 atom stereocenters. The summed E-state index contributed by atoms with van der Waals surface area (Å²) in [4.78, 5) is 12.1. The van der Waals surface area contributed by atoms with Gasteiger partial charge in [-0.05, 0) is 13.8 Å². The zero-order valence-corrected chi connectivity index (χ0v) is 7.39. The van der Waals surface area contributed by atoms with E-state index in [1.54, 1.807) is 11.8 Å². The van der Waals surface area contributed by atoms with E-state index < -0.39 is 12.0 Å². The van der Waals surface area contributed by atoms with Gasteiger partial charge in [0.25, 0.3) is 0 Å². The zero-order valence-electron chi connectivity index (χ0n) is 6.57. The molecule has 1 fully saturated rings. The van der Waals surface area contributed by atoms with Crippen LogP contribution in [0.1, 0.15) is 13.8 Å². The molecule has 1 rings (SSSR count). The van der Waals surface area contributed by atoms with E-state index in [4.69, 9.17) is 13.1 Å². The summed E-state index contributed by atoms with van der Waals surface area (Å²) in [7, 11) is 5.49. The molecule has 0 aromatic carbocycles. The second-order valence-electron chi connectivity index (χ2n) is 3.13. The quantitative estimate of drug-likeness (QED) is 0.576. The summed E-state index contributed by atoms with van der Waals surface area (Å²) in [6.45, 7) is 3.78. The van der Waals surface area contributed by atoms with Crippen molar-refractivity contribution in [3.8, 4) is 0 Å². The Balaban J connectivity index is 2.80. The Bertz CT molecular complexity index is 185. The highest BCUT2D eigenvalue weighted by Gasteiger charge is 2.43. The lowest BCUT2D eigenvalue weighted by atomic mass is 10.00. The van der Waals surface area contributed by atoms with Crippen molar-refractivity contribution in [3.05, 3.63) is 0 Å². The molecule has 0 aromatic heterocycles. The largest absolute Gasteiger partial charge is 0.480 e. The van der Waals surface area contributed by atoms with E-state index in [0.717, 1.165) is 0 Å². The minimum absolute atomic E-state index is 0.277.